The van der Waals surface area contributed by atoms with E-state index >= 15 is 0 Å². The third kappa shape index (κ3) is 4.02. The summed E-state index contributed by atoms with van der Waals surface area (Å²) in [7, 11) is 1.72. The van der Waals surface area contributed by atoms with Crippen molar-refractivity contribution in [2.45, 2.75) is 52.5 Å². The van der Waals surface area contributed by atoms with E-state index in [0.717, 1.165) is 18.7 Å². The zero-order chi connectivity index (χ0) is 13.8. The third-order valence-electron chi connectivity index (χ3n) is 3.48. The Morgan fingerprint density at radius 2 is 1.94 bits per heavy atom. The van der Waals surface area contributed by atoms with Gasteiger partial charge < -0.3 is 10.1 Å². The molecule has 2 nitrogen and oxygen atoms in total. The Bertz CT molecular complexity index is 383. The highest BCUT2D eigenvalue weighted by Crippen LogP contribution is 2.30. The van der Waals surface area contributed by atoms with Gasteiger partial charge >= 0.3 is 0 Å². The van der Waals surface area contributed by atoms with Gasteiger partial charge in [-0.25, -0.2) is 0 Å². The van der Waals surface area contributed by atoms with Crippen LogP contribution in [0.2, 0.25) is 0 Å². The molecule has 0 spiro atoms. The Balaban J connectivity index is 2.75. The summed E-state index contributed by atoms with van der Waals surface area (Å²) >= 11 is 0. The second-order valence-electron chi connectivity index (χ2n) is 5.93. The van der Waals surface area contributed by atoms with Gasteiger partial charge in [0, 0.05) is 6.04 Å². The summed E-state index contributed by atoms with van der Waals surface area (Å²) in [5.74, 6) is 0.967. The quantitative estimate of drug-likeness (QED) is 0.830. The molecule has 0 bridgehead atoms. The molecule has 1 aromatic carbocycles. The van der Waals surface area contributed by atoms with Crippen molar-refractivity contribution in [2.75, 3.05) is 13.7 Å². The SMILES string of the molecule is COc1ccc(C(C)(C)CCNC(C)C)cc1C. The minimum Gasteiger partial charge on any atom is -0.496 e. The molecule has 0 amide bonds. The minimum absolute atomic E-state index is 0.193. The predicted octanol–water partition coefficient (Wildman–Crippen LogP) is 3.67. The topological polar surface area (TPSA) is 21.3 Å². The molecular formula is C16H27NO. The average molecular weight is 249 g/mol. The van der Waals surface area contributed by atoms with Gasteiger partial charge in [-0.15, -0.1) is 0 Å². The first-order valence-corrected chi connectivity index (χ1v) is 6.75. The maximum Gasteiger partial charge on any atom is 0.121 e. The Morgan fingerprint density at radius 1 is 1.28 bits per heavy atom. The Hall–Kier alpha value is -1.02. The molecule has 102 valence electrons. The van der Waals surface area contributed by atoms with Crippen molar-refractivity contribution in [3.8, 4) is 5.75 Å². The lowest BCUT2D eigenvalue weighted by atomic mass is 9.81. The molecule has 0 saturated heterocycles. The van der Waals surface area contributed by atoms with Crippen molar-refractivity contribution in [2.24, 2.45) is 0 Å². The second kappa shape index (κ2) is 6.24. The number of benzene rings is 1. The molecule has 2 heteroatoms. The lowest BCUT2D eigenvalue weighted by Gasteiger charge is -2.27. The molecule has 0 heterocycles. The van der Waals surface area contributed by atoms with Crippen molar-refractivity contribution in [3.05, 3.63) is 29.3 Å². The first kappa shape index (κ1) is 15.0. The summed E-state index contributed by atoms with van der Waals surface area (Å²) in [6, 6.07) is 7.05. The van der Waals surface area contributed by atoms with Gasteiger partial charge in [0.1, 0.15) is 5.75 Å². The number of ether oxygens (including phenoxy) is 1. The highest BCUT2D eigenvalue weighted by molar-refractivity contribution is 5.38. The maximum atomic E-state index is 5.31. The molecule has 1 aromatic rings. The van der Waals surface area contributed by atoms with Crippen LogP contribution in [0.4, 0.5) is 0 Å². The highest BCUT2D eigenvalue weighted by Gasteiger charge is 2.20. The molecule has 0 radical (unpaired) electrons. The van der Waals surface area contributed by atoms with E-state index < -0.39 is 0 Å². The summed E-state index contributed by atoms with van der Waals surface area (Å²) in [6.45, 7) is 12.1. The standard InChI is InChI=1S/C16H27NO/c1-12(2)17-10-9-16(4,5)14-7-8-15(18-6)13(3)11-14/h7-8,11-12,17H,9-10H2,1-6H3. The molecule has 0 aromatic heterocycles. The molecule has 18 heavy (non-hydrogen) atoms. The third-order valence-corrected chi connectivity index (χ3v) is 3.48. The van der Waals surface area contributed by atoms with Crippen LogP contribution in [0.25, 0.3) is 0 Å². The van der Waals surface area contributed by atoms with Crippen molar-refractivity contribution < 1.29 is 4.74 Å². The number of hydrogen-bond acceptors (Lipinski definition) is 2. The molecule has 0 aliphatic carbocycles. The van der Waals surface area contributed by atoms with Crippen LogP contribution in [0.15, 0.2) is 18.2 Å². The lowest BCUT2D eigenvalue weighted by Crippen LogP contribution is -2.29. The van der Waals surface area contributed by atoms with Crippen LogP contribution < -0.4 is 10.1 Å². The molecule has 0 atom stereocenters. The number of aryl methyl sites for hydroxylation is 1. The molecule has 1 rings (SSSR count). The maximum absolute atomic E-state index is 5.31. The molecule has 1 N–H and O–H groups in total. The molecule has 0 fully saturated rings. The number of hydrogen-bond donors (Lipinski definition) is 1. The van der Waals surface area contributed by atoms with E-state index in [1.165, 1.54) is 11.1 Å². The number of rotatable bonds is 6. The molecule has 0 unspecified atom stereocenters. The fraction of sp³-hybridized carbons (Fsp3) is 0.625. The summed E-state index contributed by atoms with van der Waals surface area (Å²) in [5.41, 5.74) is 2.78. The van der Waals surface area contributed by atoms with E-state index in [2.05, 4.69) is 58.1 Å². The second-order valence-corrected chi connectivity index (χ2v) is 5.93. The smallest absolute Gasteiger partial charge is 0.121 e. The highest BCUT2D eigenvalue weighted by atomic mass is 16.5. The van der Waals surface area contributed by atoms with Crippen LogP contribution >= 0.6 is 0 Å². The number of nitrogens with one attached hydrogen (secondary N) is 1. The first-order valence-electron chi connectivity index (χ1n) is 6.75. The van der Waals surface area contributed by atoms with E-state index in [-0.39, 0.29) is 5.41 Å². The van der Waals surface area contributed by atoms with Crippen molar-refractivity contribution >= 4 is 0 Å². The van der Waals surface area contributed by atoms with Gasteiger partial charge in [-0.1, -0.05) is 39.8 Å². The van der Waals surface area contributed by atoms with Gasteiger partial charge in [0.25, 0.3) is 0 Å². The van der Waals surface area contributed by atoms with E-state index in [1.54, 1.807) is 7.11 Å². The number of methoxy groups -OCH3 is 1. The van der Waals surface area contributed by atoms with Crippen molar-refractivity contribution in [3.63, 3.8) is 0 Å². The van der Waals surface area contributed by atoms with Crippen LogP contribution in [0.3, 0.4) is 0 Å². The predicted molar refractivity (Wildman–Crippen MR) is 78.5 cm³/mol. The van der Waals surface area contributed by atoms with Gasteiger partial charge in [-0.05, 0) is 42.5 Å². The minimum atomic E-state index is 0.193. The van der Waals surface area contributed by atoms with E-state index in [1.807, 2.05) is 0 Å². The first-order chi connectivity index (χ1) is 8.36. The van der Waals surface area contributed by atoms with Crippen LogP contribution in [0.5, 0.6) is 5.75 Å². The monoisotopic (exact) mass is 249 g/mol. The molecule has 0 saturated carbocycles. The zero-order valence-electron chi connectivity index (χ0n) is 12.6. The molecule has 0 aliphatic heterocycles. The average Bonchev–Trinajstić information content (AvgIpc) is 2.28. The molecular weight excluding hydrogens is 222 g/mol. The summed E-state index contributed by atoms with van der Waals surface area (Å²) in [5, 5.41) is 3.48. The fourth-order valence-electron chi connectivity index (χ4n) is 2.12. The van der Waals surface area contributed by atoms with Gasteiger partial charge in [0.05, 0.1) is 7.11 Å². The van der Waals surface area contributed by atoms with Gasteiger partial charge in [-0.3, -0.25) is 0 Å². The summed E-state index contributed by atoms with van der Waals surface area (Å²) in [6.07, 6.45) is 1.14. The van der Waals surface area contributed by atoms with Crippen LogP contribution in [-0.2, 0) is 5.41 Å². The Morgan fingerprint density at radius 3 is 2.44 bits per heavy atom. The Labute approximate surface area is 112 Å². The van der Waals surface area contributed by atoms with E-state index in [9.17, 15) is 0 Å². The van der Waals surface area contributed by atoms with E-state index in [0.29, 0.717) is 6.04 Å². The normalized spacial score (nSPS) is 11.9. The van der Waals surface area contributed by atoms with Crippen molar-refractivity contribution in [1.29, 1.82) is 0 Å². The summed E-state index contributed by atoms with van der Waals surface area (Å²) in [4.78, 5) is 0. The largest absolute Gasteiger partial charge is 0.496 e. The van der Waals surface area contributed by atoms with Crippen LogP contribution in [0.1, 0.15) is 45.2 Å². The van der Waals surface area contributed by atoms with Gasteiger partial charge in [0.15, 0.2) is 0 Å². The summed E-state index contributed by atoms with van der Waals surface area (Å²) < 4.78 is 5.31. The Kier molecular flexibility index (Phi) is 5.21. The van der Waals surface area contributed by atoms with E-state index in [4.69, 9.17) is 4.74 Å². The van der Waals surface area contributed by atoms with Crippen LogP contribution in [-0.4, -0.2) is 19.7 Å². The van der Waals surface area contributed by atoms with Gasteiger partial charge in [-0.2, -0.15) is 0 Å². The van der Waals surface area contributed by atoms with Crippen molar-refractivity contribution in [1.82, 2.24) is 5.32 Å². The van der Waals surface area contributed by atoms with Gasteiger partial charge in [0.2, 0.25) is 0 Å². The van der Waals surface area contributed by atoms with Crippen LogP contribution in [0, 0.1) is 6.92 Å². The molecule has 0 aliphatic rings. The lowest BCUT2D eigenvalue weighted by molar-refractivity contribution is 0.409. The fourth-order valence-corrected chi connectivity index (χ4v) is 2.12. The zero-order valence-corrected chi connectivity index (χ0v) is 12.6.